The first kappa shape index (κ1) is 21.7. The van der Waals surface area contributed by atoms with E-state index >= 15 is 0 Å². The minimum absolute atomic E-state index is 0.0173. The summed E-state index contributed by atoms with van der Waals surface area (Å²) in [6.45, 7) is 10.1. The molecule has 1 saturated heterocycles. The fraction of sp³-hybridized carbons (Fsp3) is 0.650. The second kappa shape index (κ2) is 9.06. The van der Waals surface area contributed by atoms with Crippen LogP contribution in [0.1, 0.15) is 52.5 Å². The molecule has 1 aliphatic rings. The zero-order chi connectivity index (χ0) is 20.9. The van der Waals surface area contributed by atoms with Gasteiger partial charge in [-0.1, -0.05) is 11.2 Å². The molecule has 2 rings (SSSR count). The van der Waals surface area contributed by atoms with Gasteiger partial charge in [0.05, 0.1) is 13.2 Å². The summed E-state index contributed by atoms with van der Waals surface area (Å²) in [5, 5.41) is 3.68. The van der Waals surface area contributed by atoms with Crippen molar-refractivity contribution in [3.8, 4) is 11.5 Å². The van der Waals surface area contributed by atoms with Crippen LogP contribution in [0.5, 0.6) is 11.5 Å². The molecule has 8 heteroatoms. The fourth-order valence-corrected chi connectivity index (χ4v) is 3.30. The van der Waals surface area contributed by atoms with Gasteiger partial charge in [-0.15, -0.1) is 0 Å². The summed E-state index contributed by atoms with van der Waals surface area (Å²) >= 11 is 0. The predicted octanol–water partition coefficient (Wildman–Crippen LogP) is 4.89. The quantitative estimate of drug-likeness (QED) is 0.392. The monoisotopic (exact) mass is 390 g/mol. The van der Waals surface area contributed by atoms with E-state index in [1.165, 1.54) is 0 Å². The van der Waals surface area contributed by atoms with Crippen LogP contribution in [-0.2, 0) is 4.74 Å². The average molecular weight is 390 g/mol. The minimum Gasteiger partial charge on any atom is -0.493 e. The average Bonchev–Trinajstić information content (AvgIpc) is 3.02. The number of rotatable bonds is 6. The zero-order valence-electron chi connectivity index (χ0n) is 17.5. The Bertz CT molecular complexity index is 738. The summed E-state index contributed by atoms with van der Waals surface area (Å²) in [5.41, 5.74) is 9.15. The van der Waals surface area contributed by atoms with Crippen molar-refractivity contribution in [2.75, 3.05) is 20.2 Å². The van der Waals surface area contributed by atoms with Crippen LogP contribution in [0.25, 0.3) is 10.4 Å². The molecule has 1 fully saturated rings. The van der Waals surface area contributed by atoms with Crippen LogP contribution >= 0.6 is 0 Å². The van der Waals surface area contributed by atoms with E-state index in [1.807, 2.05) is 52.8 Å². The Hall–Kier alpha value is -2.60. The number of carbonyl (C=O) groups is 1. The number of azide groups is 1. The fourth-order valence-electron chi connectivity index (χ4n) is 3.30. The first-order chi connectivity index (χ1) is 13.1. The first-order valence-electron chi connectivity index (χ1n) is 9.49. The van der Waals surface area contributed by atoms with Crippen molar-refractivity contribution in [2.45, 2.75) is 64.7 Å². The predicted molar refractivity (Wildman–Crippen MR) is 107 cm³/mol. The second-order valence-corrected chi connectivity index (χ2v) is 8.21. The molecule has 0 bridgehead atoms. The van der Waals surface area contributed by atoms with Crippen LogP contribution in [0.3, 0.4) is 0 Å². The van der Waals surface area contributed by atoms with Crippen molar-refractivity contribution in [2.24, 2.45) is 5.11 Å². The largest absolute Gasteiger partial charge is 0.493 e. The molecule has 0 aliphatic carbocycles. The third kappa shape index (κ3) is 5.70. The molecule has 1 amide bonds. The van der Waals surface area contributed by atoms with Gasteiger partial charge in [-0.2, -0.15) is 0 Å². The van der Waals surface area contributed by atoms with Gasteiger partial charge in [0, 0.05) is 30.0 Å². The van der Waals surface area contributed by atoms with E-state index in [1.54, 1.807) is 12.0 Å². The van der Waals surface area contributed by atoms with E-state index in [2.05, 4.69) is 10.0 Å². The van der Waals surface area contributed by atoms with E-state index < -0.39 is 5.60 Å². The molecule has 1 aromatic carbocycles. The maximum atomic E-state index is 12.6. The lowest BCUT2D eigenvalue weighted by molar-refractivity contribution is 0.0230. The molecule has 0 aromatic heterocycles. The second-order valence-electron chi connectivity index (χ2n) is 8.21. The molecule has 1 aliphatic heterocycles. The van der Waals surface area contributed by atoms with Gasteiger partial charge >= 0.3 is 6.09 Å². The lowest BCUT2D eigenvalue weighted by Gasteiger charge is -2.28. The van der Waals surface area contributed by atoms with Gasteiger partial charge in [0.1, 0.15) is 5.60 Å². The molecule has 0 N–H and O–H groups in total. The van der Waals surface area contributed by atoms with Crippen molar-refractivity contribution in [3.05, 3.63) is 34.2 Å². The van der Waals surface area contributed by atoms with E-state index in [9.17, 15) is 4.79 Å². The van der Waals surface area contributed by atoms with Crippen LogP contribution in [-0.4, -0.2) is 48.9 Å². The number of methoxy groups -OCH3 is 1. The number of carbonyl (C=O) groups excluding carboxylic acids is 1. The van der Waals surface area contributed by atoms with Gasteiger partial charge in [0.2, 0.25) is 0 Å². The number of likely N-dealkylation sites (tertiary alicyclic amines) is 1. The van der Waals surface area contributed by atoms with Crippen molar-refractivity contribution in [3.63, 3.8) is 0 Å². The highest BCUT2D eigenvalue weighted by Gasteiger charge is 2.38. The number of ether oxygens (including phenoxy) is 3. The molecule has 1 heterocycles. The smallest absolute Gasteiger partial charge is 0.410 e. The highest BCUT2D eigenvalue weighted by Crippen LogP contribution is 2.37. The van der Waals surface area contributed by atoms with E-state index in [-0.39, 0.29) is 30.7 Å². The molecular formula is C20H30N4O4. The van der Waals surface area contributed by atoms with Crippen LogP contribution in [0.15, 0.2) is 23.3 Å². The highest BCUT2D eigenvalue weighted by molar-refractivity contribution is 5.69. The molecule has 0 saturated carbocycles. The molecule has 0 spiro atoms. The third-order valence-electron chi connectivity index (χ3n) is 4.42. The van der Waals surface area contributed by atoms with E-state index in [0.717, 1.165) is 5.56 Å². The normalized spacial score (nSPS) is 19.3. The highest BCUT2D eigenvalue weighted by atomic mass is 16.6. The van der Waals surface area contributed by atoms with Crippen molar-refractivity contribution in [1.29, 1.82) is 0 Å². The Labute approximate surface area is 166 Å². The Morgan fingerprint density at radius 3 is 2.64 bits per heavy atom. The van der Waals surface area contributed by atoms with Gasteiger partial charge in [-0.3, -0.25) is 0 Å². The zero-order valence-corrected chi connectivity index (χ0v) is 17.5. The van der Waals surface area contributed by atoms with Crippen LogP contribution in [0, 0.1) is 0 Å². The van der Waals surface area contributed by atoms with Gasteiger partial charge in [0.15, 0.2) is 11.5 Å². The van der Waals surface area contributed by atoms with E-state index in [4.69, 9.17) is 19.7 Å². The lowest BCUT2D eigenvalue weighted by Crippen LogP contribution is -2.41. The summed E-state index contributed by atoms with van der Waals surface area (Å²) in [7, 11) is 1.61. The van der Waals surface area contributed by atoms with Gasteiger partial charge in [0.25, 0.3) is 0 Å². The van der Waals surface area contributed by atoms with Crippen LogP contribution < -0.4 is 9.47 Å². The molecular weight excluding hydrogens is 360 g/mol. The third-order valence-corrected chi connectivity index (χ3v) is 4.42. The number of amides is 1. The maximum Gasteiger partial charge on any atom is 0.410 e. The number of nitrogens with zero attached hydrogens (tertiary/aromatic N) is 4. The van der Waals surface area contributed by atoms with Gasteiger partial charge in [-0.25, -0.2) is 4.79 Å². The number of benzene rings is 1. The van der Waals surface area contributed by atoms with Crippen molar-refractivity contribution in [1.82, 2.24) is 4.90 Å². The van der Waals surface area contributed by atoms with Gasteiger partial charge in [-0.05, 0) is 64.3 Å². The molecule has 154 valence electrons. The van der Waals surface area contributed by atoms with Crippen molar-refractivity contribution < 1.29 is 19.0 Å². The van der Waals surface area contributed by atoms with Crippen LogP contribution in [0.4, 0.5) is 4.79 Å². The summed E-state index contributed by atoms with van der Waals surface area (Å²) in [5.74, 6) is 1.44. The minimum atomic E-state index is -0.587. The van der Waals surface area contributed by atoms with E-state index in [0.29, 0.717) is 24.5 Å². The Balaban J connectivity index is 2.26. The Kier molecular flexibility index (Phi) is 7.02. The van der Waals surface area contributed by atoms with Gasteiger partial charge < -0.3 is 19.1 Å². The molecule has 2 atom stereocenters. The Morgan fingerprint density at radius 2 is 2.07 bits per heavy atom. The topological polar surface area (TPSA) is 96.8 Å². The molecule has 1 aromatic rings. The lowest BCUT2D eigenvalue weighted by atomic mass is 9.96. The van der Waals surface area contributed by atoms with Crippen LogP contribution in [0.2, 0.25) is 0 Å². The summed E-state index contributed by atoms with van der Waals surface area (Å²) in [6, 6.07) is 5.63. The molecule has 0 radical (unpaired) electrons. The standard InChI is InChI=1S/C20H30N4O4/c1-13(2)27-18-10-14(7-8-17(18)26-6)15-9-16(11-22-23-21)24(12-15)19(25)28-20(3,4)5/h7-8,10,13,15-16H,9,11-12H2,1-6H3/t15-,16-/m1/s1. The summed E-state index contributed by atoms with van der Waals surface area (Å²) in [4.78, 5) is 17.2. The SMILES string of the molecule is COc1ccc([C@@H]2C[C@H](CN=[N+]=[N-])N(C(=O)OC(C)(C)C)C2)cc1OC(C)C. The number of hydrogen-bond donors (Lipinski definition) is 0. The summed E-state index contributed by atoms with van der Waals surface area (Å²) < 4.78 is 16.8. The Morgan fingerprint density at radius 1 is 1.36 bits per heavy atom. The number of hydrogen-bond acceptors (Lipinski definition) is 5. The summed E-state index contributed by atoms with van der Waals surface area (Å²) in [6.07, 6.45) is 0.315. The van der Waals surface area contributed by atoms with Crippen molar-refractivity contribution >= 4 is 6.09 Å². The molecule has 8 nitrogen and oxygen atoms in total. The molecule has 28 heavy (non-hydrogen) atoms. The first-order valence-corrected chi connectivity index (χ1v) is 9.49. The maximum absolute atomic E-state index is 12.6. The molecule has 0 unspecified atom stereocenters.